The van der Waals surface area contributed by atoms with Crippen LogP contribution in [0, 0.1) is 6.92 Å². The first-order valence-electron chi connectivity index (χ1n) is 8.37. The van der Waals surface area contributed by atoms with E-state index in [-0.39, 0.29) is 30.3 Å². The average molecular weight is 339 g/mol. The zero-order chi connectivity index (χ0) is 18.4. The normalized spacial score (nSPS) is 13.0. The van der Waals surface area contributed by atoms with Gasteiger partial charge in [0.25, 0.3) is 0 Å². The number of amides is 2. The second-order valence-corrected chi connectivity index (χ2v) is 6.33. The lowest BCUT2D eigenvalue weighted by molar-refractivity contribution is -0.132. The van der Waals surface area contributed by atoms with E-state index in [9.17, 15) is 9.59 Å². The molecule has 2 atom stereocenters. The molecular formula is C20H25N3O2. The Bertz CT molecular complexity index is 713. The first kappa shape index (κ1) is 18.6. The second kappa shape index (κ2) is 8.42. The molecule has 1 aromatic carbocycles. The highest BCUT2D eigenvalue weighted by atomic mass is 16.2. The van der Waals surface area contributed by atoms with E-state index in [1.807, 2.05) is 50.2 Å². The maximum absolute atomic E-state index is 12.7. The SMILES string of the molecule is CC(=O)N[C@H](CC(=O)N(C)[C@@H](C)c1ccncc1)c1ccc(C)cc1. The number of aromatic nitrogens is 1. The van der Waals surface area contributed by atoms with E-state index in [0.29, 0.717) is 0 Å². The topological polar surface area (TPSA) is 62.3 Å². The van der Waals surface area contributed by atoms with Crippen LogP contribution in [-0.2, 0) is 9.59 Å². The van der Waals surface area contributed by atoms with Gasteiger partial charge in [-0.1, -0.05) is 29.8 Å². The minimum atomic E-state index is -0.335. The number of pyridine rings is 1. The Kier molecular flexibility index (Phi) is 6.28. The van der Waals surface area contributed by atoms with Crippen molar-refractivity contribution in [2.24, 2.45) is 0 Å². The summed E-state index contributed by atoms with van der Waals surface area (Å²) in [6.45, 7) is 5.45. The van der Waals surface area contributed by atoms with Crippen LogP contribution in [0.4, 0.5) is 0 Å². The fraction of sp³-hybridized carbons (Fsp3) is 0.350. The Morgan fingerprint density at radius 1 is 1.08 bits per heavy atom. The van der Waals surface area contributed by atoms with Crippen molar-refractivity contribution in [1.82, 2.24) is 15.2 Å². The number of carbonyl (C=O) groups is 2. The van der Waals surface area contributed by atoms with Crippen molar-refractivity contribution in [3.05, 3.63) is 65.5 Å². The van der Waals surface area contributed by atoms with Gasteiger partial charge in [-0.05, 0) is 37.1 Å². The van der Waals surface area contributed by atoms with Gasteiger partial charge in [0.15, 0.2) is 0 Å². The fourth-order valence-electron chi connectivity index (χ4n) is 2.70. The van der Waals surface area contributed by atoms with Gasteiger partial charge in [0.2, 0.25) is 11.8 Å². The number of carbonyl (C=O) groups excluding carboxylic acids is 2. The molecule has 2 amide bonds. The smallest absolute Gasteiger partial charge is 0.225 e. The molecule has 0 unspecified atom stereocenters. The highest BCUT2D eigenvalue weighted by molar-refractivity contribution is 5.79. The molecule has 1 aromatic heterocycles. The first-order chi connectivity index (χ1) is 11.9. The Hall–Kier alpha value is -2.69. The van der Waals surface area contributed by atoms with Gasteiger partial charge in [0.05, 0.1) is 18.5 Å². The summed E-state index contributed by atoms with van der Waals surface area (Å²) in [4.78, 5) is 30.0. The van der Waals surface area contributed by atoms with Crippen molar-refractivity contribution in [3.8, 4) is 0 Å². The van der Waals surface area contributed by atoms with Crippen LogP contribution in [0.2, 0.25) is 0 Å². The Labute approximate surface area is 149 Å². The molecule has 0 fully saturated rings. The van der Waals surface area contributed by atoms with E-state index in [1.54, 1.807) is 24.3 Å². The molecule has 0 saturated heterocycles. The maximum atomic E-state index is 12.7. The predicted molar refractivity (Wildman–Crippen MR) is 97.8 cm³/mol. The van der Waals surface area contributed by atoms with Crippen LogP contribution in [0.5, 0.6) is 0 Å². The van der Waals surface area contributed by atoms with E-state index in [2.05, 4.69) is 10.3 Å². The van der Waals surface area contributed by atoms with E-state index in [0.717, 1.165) is 16.7 Å². The largest absolute Gasteiger partial charge is 0.349 e. The molecule has 25 heavy (non-hydrogen) atoms. The van der Waals surface area contributed by atoms with Crippen LogP contribution in [0.3, 0.4) is 0 Å². The number of benzene rings is 1. The van der Waals surface area contributed by atoms with Gasteiger partial charge in [-0.25, -0.2) is 0 Å². The van der Waals surface area contributed by atoms with Crippen molar-refractivity contribution in [1.29, 1.82) is 0 Å². The summed E-state index contributed by atoms with van der Waals surface area (Å²) in [5, 5.41) is 2.88. The molecule has 1 N–H and O–H groups in total. The molecule has 0 aliphatic rings. The standard InChI is InChI=1S/C20H25N3O2/c1-14-5-7-18(8-6-14)19(22-16(3)24)13-20(25)23(4)15(2)17-9-11-21-12-10-17/h5-12,15,19H,13H2,1-4H3,(H,22,24)/t15-,19+/m0/s1. The highest BCUT2D eigenvalue weighted by Crippen LogP contribution is 2.23. The zero-order valence-corrected chi connectivity index (χ0v) is 15.2. The van der Waals surface area contributed by atoms with Gasteiger partial charge in [-0.3, -0.25) is 14.6 Å². The Morgan fingerprint density at radius 3 is 2.24 bits per heavy atom. The van der Waals surface area contributed by atoms with E-state index >= 15 is 0 Å². The second-order valence-electron chi connectivity index (χ2n) is 6.33. The number of nitrogens with one attached hydrogen (secondary N) is 1. The first-order valence-corrected chi connectivity index (χ1v) is 8.37. The molecule has 0 aliphatic heterocycles. The predicted octanol–water partition coefficient (Wildman–Crippen LogP) is 3.18. The summed E-state index contributed by atoms with van der Waals surface area (Å²) in [6, 6.07) is 11.3. The van der Waals surface area contributed by atoms with Gasteiger partial charge in [0, 0.05) is 26.4 Å². The Balaban J connectivity index is 2.13. The van der Waals surface area contributed by atoms with Crippen molar-refractivity contribution in [2.75, 3.05) is 7.05 Å². The molecule has 2 aromatic rings. The Morgan fingerprint density at radius 2 is 1.68 bits per heavy atom. The molecular weight excluding hydrogens is 314 g/mol. The van der Waals surface area contributed by atoms with Gasteiger partial charge >= 0.3 is 0 Å². The lowest BCUT2D eigenvalue weighted by atomic mass is 10.0. The average Bonchev–Trinajstić information content (AvgIpc) is 2.60. The minimum Gasteiger partial charge on any atom is -0.349 e. The van der Waals surface area contributed by atoms with Crippen LogP contribution < -0.4 is 5.32 Å². The zero-order valence-electron chi connectivity index (χ0n) is 15.2. The summed E-state index contributed by atoms with van der Waals surface area (Å²) in [5.41, 5.74) is 3.09. The summed E-state index contributed by atoms with van der Waals surface area (Å²) < 4.78 is 0. The lowest BCUT2D eigenvalue weighted by Gasteiger charge is -2.27. The quantitative estimate of drug-likeness (QED) is 0.879. The molecule has 1 heterocycles. The van der Waals surface area contributed by atoms with Crippen molar-refractivity contribution in [3.63, 3.8) is 0 Å². The molecule has 2 rings (SSSR count). The fourth-order valence-corrected chi connectivity index (χ4v) is 2.70. The summed E-state index contributed by atoms with van der Waals surface area (Å²) in [5.74, 6) is -0.174. The number of rotatable bonds is 6. The molecule has 0 aliphatic carbocycles. The molecule has 5 heteroatoms. The molecule has 0 spiro atoms. The number of nitrogens with zero attached hydrogens (tertiary/aromatic N) is 2. The van der Waals surface area contributed by atoms with Crippen molar-refractivity contribution >= 4 is 11.8 Å². The van der Waals surface area contributed by atoms with Gasteiger partial charge < -0.3 is 10.2 Å². The van der Waals surface area contributed by atoms with Crippen molar-refractivity contribution in [2.45, 2.75) is 39.3 Å². The van der Waals surface area contributed by atoms with Crippen LogP contribution in [0.15, 0.2) is 48.8 Å². The third-order valence-corrected chi connectivity index (χ3v) is 4.40. The third kappa shape index (κ3) is 5.14. The van der Waals surface area contributed by atoms with E-state index in [4.69, 9.17) is 0 Å². The monoisotopic (exact) mass is 339 g/mol. The molecule has 5 nitrogen and oxygen atoms in total. The third-order valence-electron chi connectivity index (χ3n) is 4.40. The van der Waals surface area contributed by atoms with Crippen LogP contribution in [-0.4, -0.2) is 28.7 Å². The van der Waals surface area contributed by atoms with Crippen molar-refractivity contribution < 1.29 is 9.59 Å². The molecule has 132 valence electrons. The lowest BCUT2D eigenvalue weighted by Crippen LogP contribution is -2.35. The summed E-state index contributed by atoms with van der Waals surface area (Å²) in [6.07, 6.45) is 3.65. The van der Waals surface area contributed by atoms with Gasteiger partial charge in [0.1, 0.15) is 0 Å². The van der Waals surface area contributed by atoms with Crippen LogP contribution in [0.25, 0.3) is 0 Å². The highest BCUT2D eigenvalue weighted by Gasteiger charge is 2.22. The minimum absolute atomic E-state index is 0.0244. The summed E-state index contributed by atoms with van der Waals surface area (Å²) >= 11 is 0. The number of hydrogen-bond acceptors (Lipinski definition) is 3. The molecule has 0 saturated carbocycles. The van der Waals surface area contributed by atoms with E-state index < -0.39 is 0 Å². The van der Waals surface area contributed by atoms with E-state index in [1.165, 1.54) is 6.92 Å². The van der Waals surface area contributed by atoms with Gasteiger partial charge in [-0.2, -0.15) is 0 Å². The summed E-state index contributed by atoms with van der Waals surface area (Å²) in [7, 11) is 1.79. The molecule has 0 bridgehead atoms. The number of aryl methyl sites for hydroxylation is 1. The molecule has 0 radical (unpaired) electrons. The van der Waals surface area contributed by atoms with Crippen LogP contribution >= 0.6 is 0 Å². The van der Waals surface area contributed by atoms with Gasteiger partial charge in [-0.15, -0.1) is 0 Å². The van der Waals surface area contributed by atoms with Crippen LogP contribution in [0.1, 0.15) is 49.0 Å². The maximum Gasteiger partial charge on any atom is 0.225 e. The number of hydrogen-bond donors (Lipinski definition) is 1.